The third kappa shape index (κ3) is 3.46. The van der Waals surface area contributed by atoms with E-state index in [1.807, 2.05) is 0 Å². The van der Waals surface area contributed by atoms with Crippen LogP contribution in [0, 0.1) is 0 Å². The highest BCUT2D eigenvalue weighted by Crippen LogP contribution is 2.31. The predicted molar refractivity (Wildman–Crippen MR) is 84.7 cm³/mol. The van der Waals surface area contributed by atoms with Gasteiger partial charge in [0.15, 0.2) is 0 Å². The quantitative estimate of drug-likeness (QED) is 0.832. The zero-order valence-corrected chi connectivity index (χ0v) is 13.8. The molecule has 0 amide bonds. The number of likely N-dealkylation sites (tertiary alicyclic amines) is 1. The van der Waals surface area contributed by atoms with Crippen LogP contribution < -0.4 is 10.9 Å². The fraction of sp³-hybridized carbons (Fsp3) is 0.714. The average Bonchev–Trinajstić information content (AvgIpc) is 3.23. The summed E-state index contributed by atoms with van der Waals surface area (Å²) in [5.74, 6) is 0. The second kappa shape index (κ2) is 6.46. The van der Waals surface area contributed by atoms with Crippen molar-refractivity contribution in [2.75, 3.05) is 32.1 Å². The summed E-state index contributed by atoms with van der Waals surface area (Å²) in [7, 11) is 1.61. The standard InChI is InChI=1S/C14H21BrN4O2/c1-21-7-6-19-14(20)13(15)12(8-16-19)17-10-4-5-18(9-10)11-2-3-11/h8,10-11,17H,2-7,9H2,1H3. The summed E-state index contributed by atoms with van der Waals surface area (Å²) in [6.07, 6.45) is 5.53. The molecule has 21 heavy (non-hydrogen) atoms. The fourth-order valence-corrected chi connectivity index (χ4v) is 3.22. The highest BCUT2D eigenvalue weighted by molar-refractivity contribution is 9.10. The first kappa shape index (κ1) is 15.0. The average molecular weight is 357 g/mol. The summed E-state index contributed by atoms with van der Waals surface area (Å²) < 4.78 is 6.96. The molecule has 1 atom stereocenters. The summed E-state index contributed by atoms with van der Waals surface area (Å²) in [5, 5.41) is 7.65. The Labute approximate surface area is 132 Å². The van der Waals surface area contributed by atoms with Gasteiger partial charge in [0.25, 0.3) is 5.56 Å². The van der Waals surface area contributed by atoms with Gasteiger partial charge in [-0.3, -0.25) is 9.69 Å². The molecule has 3 rings (SSSR count). The molecule has 2 heterocycles. The maximum absolute atomic E-state index is 12.2. The summed E-state index contributed by atoms with van der Waals surface area (Å²) in [4.78, 5) is 14.7. The number of methoxy groups -OCH3 is 1. The Bertz CT molecular complexity index is 558. The zero-order valence-electron chi connectivity index (χ0n) is 12.2. The van der Waals surface area contributed by atoms with Crippen molar-refractivity contribution in [1.29, 1.82) is 0 Å². The van der Waals surface area contributed by atoms with Crippen molar-refractivity contribution >= 4 is 21.6 Å². The molecule has 0 radical (unpaired) electrons. The van der Waals surface area contributed by atoms with Gasteiger partial charge in [-0.2, -0.15) is 5.10 Å². The largest absolute Gasteiger partial charge is 0.383 e. The van der Waals surface area contributed by atoms with Crippen molar-refractivity contribution in [3.63, 3.8) is 0 Å². The summed E-state index contributed by atoms with van der Waals surface area (Å²) in [5.41, 5.74) is 0.672. The van der Waals surface area contributed by atoms with Crippen molar-refractivity contribution in [2.45, 2.75) is 37.9 Å². The van der Waals surface area contributed by atoms with Gasteiger partial charge < -0.3 is 10.1 Å². The van der Waals surface area contributed by atoms with E-state index in [0.29, 0.717) is 23.7 Å². The number of aromatic nitrogens is 2. The molecule has 116 valence electrons. The van der Waals surface area contributed by atoms with Crippen molar-refractivity contribution in [2.24, 2.45) is 0 Å². The molecule has 1 aliphatic heterocycles. The molecule has 7 heteroatoms. The Balaban J connectivity index is 1.65. The predicted octanol–water partition coefficient (Wildman–Crippen LogP) is 1.30. The first-order chi connectivity index (χ1) is 10.2. The Morgan fingerprint density at radius 2 is 2.29 bits per heavy atom. The van der Waals surface area contributed by atoms with Crippen LogP contribution in [0.5, 0.6) is 0 Å². The minimum Gasteiger partial charge on any atom is -0.383 e. The third-order valence-electron chi connectivity index (χ3n) is 4.13. The molecule has 2 fully saturated rings. The van der Waals surface area contributed by atoms with E-state index in [4.69, 9.17) is 4.74 Å². The summed E-state index contributed by atoms with van der Waals surface area (Å²) in [6, 6.07) is 1.21. The van der Waals surface area contributed by atoms with E-state index in [1.165, 1.54) is 17.5 Å². The molecule has 1 saturated heterocycles. The maximum atomic E-state index is 12.2. The molecular weight excluding hydrogens is 336 g/mol. The Hall–Kier alpha value is -0.920. The normalized spacial score (nSPS) is 22.7. The molecule has 2 aliphatic rings. The highest BCUT2D eigenvalue weighted by Gasteiger charge is 2.34. The van der Waals surface area contributed by atoms with E-state index >= 15 is 0 Å². The van der Waals surface area contributed by atoms with Gasteiger partial charge in [-0.25, -0.2) is 4.68 Å². The van der Waals surface area contributed by atoms with Gasteiger partial charge in [-0.05, 0) is 35.2 Å². The van der Waals surface area contributed by atoms with Crippen molar-refractivity contribution < 1.29 is 4.74 Å². The van der Waals surface area contributed by atoms with Gasteiger partial charge >= 0.3 is 0 Å². The molecule has 0 spiro atoms. The number of rotatable bonds is 6. The Morgan fingerprint density at radius 3 is 3.00 bits per heavy atom. The third-order valence-corrected chi connectivity index (χ3v) is 4.90. The summed E-state index contributed by atoms with van der Waals surface area (Å²) in [6.45, 7) is 3.15. The highest BCUT2D eigenvalue weighted by atomic mass is 79.9. The molecule has 1 aliphatic carbocycles. The van der Waals surface area contributed by atoms with Gasteiger partial charge in [-0.15, -0.1) is 0 Å². The van der Waals surface area contributed by atoms with E-state index in [-0.39, 0.29) is 5.56 Å². The van der Waals surface area contributed by atoms with Crippen LogP contribution in [0.4, 0.5) is 5.69 Å². The van der Waals surface area contributed by atoms with E-state index in [0.717, 1.165) is 31.2 Å². The van der Waals surface area contributed by atoms with Crippen LogP contribution in [0.1, 0.15) is 19.3 Å². The molecule has 0 bridgehead atoms. The molecular formula is C14H21BrN4O2. The van der Waals surface area contributed by atoms with Crippen LogP contribution in [0.3, 0.4) is 0 Å². The van der Waals surface area contributed by atoms with Crippen molar-refractivity contribution in [3.8, 4) is 0 Å². The number of hydrogen-bond donors (Lipinski definition) is 1. The minimum absolute atomic E-state index is 0.117. The smallest absolute Gasteiger partial charge is 0.283 e. The lowest BCUT2D eigenvalue weighted by molar-refractivity contribution is 0.181. The van der Waals surface area contributed by atoms with Gasteiger partial charge in [-0.1, -0.05) is 0 Å². The number of nitrogens with zero attached hydrogens (tertiary/aromatic N) is 3. The zero-order chi connectivity index (χ0) is 14.8. The molecule has 1 saturated carbocycles. The number of hydrogen-bond acceptors (Lipinski definition) is 5. The monoisotopic (exact) mass is 356 g/mol. The SMILES string of the molecule is COCCn1ncc(NC2CCN(C3CC3)C2)c(Br)c1=O. The number of nitrogens with one attached hydrogen (secondary N) is 1. The molecule has 1 aromatic heterocycles. The van der Waals surface area contributed by atoms with Crippen molar-refractivity contribution in [3.05, 3.63) is 21.0 Å². The Kier molecular flexibility index (Phi) is 4.61. The van der Waals surface area contributed by atoms with E-state index in [1.54, 1.807) is 13.3 Å². The molecule has 6 nitrogen and oxygen atoms in total. The molecule has 0 aromatic carbocycles. The van der Waals surface area contributed by atoms with Crippen molar-refractivity contribution in [1.82, 2.24) is 14.7 Å². The lowest BCUT2D eigenvalue weighted by atomic mass is 10.2. The Morgan fingerprint density at radius 1 is 1.48 bits per heavy atom. The first-order valence-corrected chi connectivity index (χ1v) is 8.23. The van der Waals surface area contributed by atoms with Gasteiger partial charge in [0.2, 0.25) is 0 Å². The van der Waals surface area contributed by atoms with Crippen LogP contribution in [0.2, 0.25) is 0 Å². The lowest BCUT2D eigenvalue weighted by Crippen LogP contribution is -2.30. The minimum atomic E-state index is -0.117. The van der Waals surface area contributed by atoms with Crippen LogP contribution in [0.15, 0.2) is 15.5 Å². The van der Waals surface area contributed by atoms with Crippen LogP contribution in [0.25, 0.3) is 0 Å². The first-order valence-electron chi connectivity index (χ1n) is 7.44. The second-order valence-electron chi connectivity index (χ2n) is 5.75. The molecule has 1 N–H and O–H groups in total. The topological polar surface area (TPSA) is 59.4 Å². The van der Waals surface area contributed by atoms with Gasteiger partial charge in [0.1, 0.15) is 4.47 Å². The van der Waals surface area contributed by atoms with E-state index in [2.05, 4.69) is 31.2 Å². The van der Waals surface area contributed by atoms with Crippen LogP contribution in [-0.2, 0) is 11.3 Å². The van der Waals surface area contributed by atoms with E-state index < -0.39 is 0 Å². The molecule has 1 aromatic rings. The van der Waals surface area contributed by atoms with Crippen LogP contribution >= 0.6 is 15.9 Å². The molecule has 1 unspecified atom stereocenters. The van der Waals surface area contributed by atoms with E-state index in [9.17, 15) is 4.79 Å². The van der Waals surface area contributed by atoms with Gasteiger partial charge in [0, 0.05) is 32.3 Å². The van der Waals surface area contributed by atoms with Crippen LogP contribution in [-0.4, -0.2) is 53.6 Å². The lowest BCUT2D eigenvalue weighted by Gasteiger charge is -2.17. The number of anilines is 1. The fourth-order valence-electron chi connectivity index (χ4n) is 2.80. The summed E-state index contributed by atoms with van der Waals surface area (Å²) >= 11 is 3.40. The number of halogens is 1. The number of ether oxygens (including phenoxy) is 1. The second-order valence-corrected chi connectivity index (χ2v) is 6.54. The maximum Gasteiger partial charge on any atom is 0.283 e. The van der Waals surface area contributed by atoms with Gasteiger partial charge in [0.05, 0.1) is 25.0 Å².